The normalized spacial score (nSPS) is 28.6. The zero-order valence-electron chi connectivity index (χ0n) is 17.0. The number of nitrogens with two attached hydrogens (primary N) is 1. The largest absolute Gasteiger partial charge is 0.464 e. The molecule has 6 nitrogen and oxygen atoms in total. The highest BCUT2D eigenvalue weighted by Crippen LogP contribution is 2.46. The van der Waals surface area contributed by atoms with E-state index in [4.69, 9.17) is 4.74 Å². The lowest BCUT2D eigenvalue weighted by Gasteiger charge is -2.26. The second-order valence-electron chi connectivity index (χ2n) is 8.17. The maximum Gasteiger partial charge on any atom is 0.368 e. The highest BCUT2D eigenvalue weighted by Gasteiger charge is 2.70. The van der Waals surface area contributed by atoms with Crippen LogP contribution in [0.1, 0.15) is 29.7 Å². The number of carbonyl (C=O) groups is 3. The summed E-state index contributed by atoms with van der Waals surface area (Å²) in [6, 6.07) is 14.7. The molecular formula is C23H25N2O4+. The van der Waals surface area contributed by atoms with Crippen LogP contribution in [0.4, 0.5) is 5.69 Å². The van der Waals surface area contributed by atoms with Gasteiger partial charge in [0.1, 0.15) is 17.9 Å². The third-order valence-corrected chi connectivity index (χ3v) is 6.37. The fourth-order valence-electron chi connectivity index (χ4n) is 4.87. The summed E-state index contributed by atoms with van der Waals surface area (Å²) in [5.41, 5.74) is 2.39. The Morgan fingerprint density at radius 1 is 1.03 bits per heavy atom. The number of quaternary nitrogens is 1. The van der Waals surface area contributed by atoms with Crippen LogP contribution in [-0.2, 0) is 19.1 Å². The van der Waals surface area contributed by atoms with Crippen molar-refractivity contribution in [2.45, 2.75) is 32.4 Å². The predicted octanol–water partition coefficient (Wildman–Crippen LogP) is 1.66. The lowest BCUT2D eigenvalue weighted by Crippen LogP contribution is -2.97. The molecule has 4 rings (SSSR count). The van der Waals surface area contributed by atoms with E-state index in [0.717, 1.165) is 16.7 Å². The maximum absolute atomic E-state index is 13.5. The third-order valence-electron chi connectivity index (χ3n) is 6.37. The molecule has 0 spiro atoms. The first kappa shape index (κ1) is 19.3. The first-order valence-electron chi connectivity index (χ1n) is 9.74. The fraction of sp³-hybridized carbons (Fsp3) is 0.348. The average molecular weight is 393 g/mol. The van der Waals surface area contributed by atoms with Crippen LogP contribution in [-0.4, -0.2) is 30.4 Å². The summed E-state index contributed by atoms with van der Waals surface area (Å²) in [7, 11) is 1.32. The van der Waals surface area contributed by atoms with Crippen molar-refractivity contribution >= 4 is 23.5 Å². The molecule has 0 aromatic heterocycles. The summed E-state index contributed by atoms with van der Waals surface area (Å²) in [5.74, 6) is -2.51. The molecule has 0 saturated carbocycles. The molecule has 2 amide bonds. The second kappa shape index (κ2) is 6.81. The van der Waals surface area contributed by atoms with E-state index in [2.05, 4.69) is 0 Å². The Labute approximate surface area is 169 Å². The Morgan fingerprint density at radius 2 is 1.69 bits per heavy atom. The maximum atomic E-state index is 13.5. The number of benzene rings is 2. The Bertz CT molecular complexity index is 1000. The van der Waals surface area contributed by atoms with Gasteiger partial charge in [-0.05, 0) is 31.5 Å². The molecule has 2 aliphatic heterocycles. The topological polar surface area (TPSA) is 80.3 Å². The van der Waals surface area contributed by atoms with Gasteiger partial charge >= 0.3 is 5.97 Å². The summed E-state index contributed by atoms with van der Waals surface area (Å²) >= 11 is 0. The van der Waals surface area contributed by atoms with Gasteiger partial charge in [-0.15, -0.1) is 0 Å². The summed E-state index contributed by atoms with van der Waals surface area (Å²) < 4.78 is 5.05. The molecule has 29 heavy (non-hydrogen) atoms. The Morgan fingerprint density at radius 3 is 2.31 bits per heavy atom. The lowest BCUT2D eigenvalue weighted by molar-refractivity contribution is -0.730. The highest BCUT2D eigenvalue weighted by atomic mass is 16.5. The van der Waals surface area contributed by atoms with Crippen LogP contribution in [0.15, 0.2) is 48.5 Å². The number of rotatable bonds is 3. The minimum atomic E-state index is -1.17. The lowest BCUT2D eigenvalue weighted by atomic mass is 9.80. The van der Waals surface area contributed by atoms with E-state index in [-0.39, 0.29) is 17.9 Å². The van der Waals surface area contributed by atoms with Crippen molar-refractivity contribution in [3.05, 3.63) is 65.2 Å². The van der Waals surface area contributed by atoms with Gasteiger partial charge in [0, 0.05) is 12.5 Å². The molecule has 2 heterocycles. The molecule has 0 unspecified atom stereocenters. The van der Waals surface area contributed by atoms with Crippen molar-refractivity contribution in [1.29, 1.82) is 0 Å². The number of fused-ring (bicyclic) bond motifs is 1. The number of hydrogen-bond acceptors (Lipinski definition) is 4. The van der Waals surface area contributed by atoms with Crippen molar-refractivity contribution in [1.82, 2.24) is 0 Å². The van der Waals surface area contributed by atoms with Crippen LogP contribution in [0.5, 0.6) is 0 Å². The monoisotopic (exact) mass is 393 g/mol. The van der Waals surface area contributed by atoms with E-state index < -0.39 is 23.3 Å². The smallest absolute Gasteiger partial charge is 0.368 e. The van der Waals surface area contributed by atoms with Gasteiger partial charge in [0.15, 0.2) is 0 Å². The molecule has 6 heteroatoms. The number of amides is 2. The minimum absolute atomic E-state index is 0.263. The second-order valence-corrected chi connectivity index (χ2v) is 8.17. The molecule has 0 aliphatic carbocycles. The molecular weight excluding hydrogens is 368 g/mol. The van der Waals surface area contributed by atoms with E-state index in [1.165, 1.54) is 12.0 Å². The van der Waals surface area contributed by atoms with Crippen LogP contribution in [0.3, 0.4) is 0 Å². The first-order valence-corrected chi connectivity index (χ1v) is 9.74. The van der Waals surface area contributed by atoms with Crippen molar-refractivity contribution < 1.29 is 24.4 Å². The van der Waals surface area contributed by atoms with E-state index in [1.807, 2.05) is 55.6 Å². The number of imide groups is 1. The van der Waals surface area contributed by atoms with Crippen LogP contribution in [0, 0.1) is 25.7 Å². The van der Waals surface area contributed by atoms with Gasteiger partial charge in [0.25, 0.3) is 0 Å². The predicted molar refractivity (Wildman–Crippen MR) is 107 cm³/mol. The number of methoxy groups -OCH3 is 1. The Balaban J connectivity index is 1.84. The molecule has 2 saturated heterocycles. The van der Waals surface area contributed by atoms with Gasteiger partial charge < -0.3 is 10.1 Å². The van der Waals surface area contributed by atoms with Crippen molar-refractivity contribution in [3.8, 4) is 0 Å². The molecule has 150 valence electrons. The van der Waals surface area contributed by atoms with Gasteiger partial charge in [-0.2, -0.15) is 0 Å². The van der Waals surface area contributed by atoms with Gasteiger partial charge in [-0.1, -0.05) is 42.0 Å². The zero-order valence-corrected chi connectivity index (χ0v) is 17.0. The van der Waals surface area contributed by atoms with E-state index >= 15 is 0 Å². The summed E-state index contributed by atoms with van der Waals surface area (Å²) in [5, 5.41) is 1.85. The number of ether oxygens (including phenoxy) is 1. The number of aryl methyl sites for hydroxylation is 2. The molecule has 2 aliphatic rings. The molecule has 0 bridgehead atoms. The Kier molecular flexibility index (Phi) is 4.54. The van der Waals surface area contributed by atoms with Crippen LogP contribution in [0.2, 0.25) is 0 Å². The van der Waals surface area contributed by atoms with Crippen molar-refractivity contribution in [2.75, 3.05) is 12.0 Å². The highest BCUT2D eigenvalue weighted by molar-refractivity contribution is 6.23. The standard InChI is InChI=1S/C23H24N2O4/c1-13-9-11-15(12-10-13)25-20(26)17-18(21(25)27)23(3,22(28)29-4)24-19(17)16-8-6-5-7-14(16)2/h5-12,17-19,24H,1-4H3/p+1/t17-,18+,19+,23-/m1/s1. The number of nitrogens with zero attached hydrogens (tertiary/aromatic N) is 1. The van der Waals surface area contributed by atoms with Gasteiger partial charge in [0.2, 0.25) is 17.4 Å². The average Bonchev–Trinajstić information content (AvgIpc) is 3.16. The van der Waals surface area contributed by atoms with Gasteiger partial charge in [-0.3, -0.25) is 9.59 Å². The molecule has 2 fully saturated rings. The number of anilines is 1. The summed E-state index contributed by atoms with van der Waals surface area (Å²) in [4.78, 5) is 41.0. The number of hydrogen-bond donors (Lipinski definition) is 1. The van der Waals surface area contributed by atoms with Gasteiger partial charge in [-0.25, -0.2) is 9.69 Å². The Hall–Kier alpha value is -2.99. The summed E-state index contributed by atoms with van der Waals surface area (Å²) in [6.07, 6.45) is 0. The zero-order chi connectivity index (χ0) is 20.9. The number of carbonyl (C=O) groups excluding carboxylic acids is 3. The van der Waals surface area contributed by atoms with Crippen molar-refractivity contribution in [3.63, 3.8) is 0 Å². The minimum Gasteiger partial charge on any atom is -0.464 e. The fourth-order valence-corrected chi connectivity index (χ4v) is 4.87. The van der Waals surface area contributed by atoms with E-state index in [1.54, 1.807) is 19.1 Å². The molecule has 2 aromatic carbocycles. The van der Waals surface area contributed by atoms with Crippen LogP contribution in [0.25, 0.3) is 0 Å². The molecule has 2 N–H and O–H groups in total. The quantitative estimate of drug-likeness (QED) is 0.635. The summed E-state index contributed by atoms with van der Waals surface area (Å²) in [6.45, 7) is 5.63. The SMILES string of the molecule is COC(=O)[C@]1(C)[NH2+][C@@H](c2ccccc2C)[C@@H]2C(=O)N(c3ccc(C)cc3)C(=O)[C@H]21. The van der Waals surface area contributed by atoms with Crippen molar-refractivity contribution in [2.24, 2.45) is 11.8 Å². The molecule has 0 radical (unpaired) electrons. The first-order chi connectivity index (χ1) is 13.8. The number of esters is 1. The molecule has 2 aromatic rings. The van der Waals surface area contributed by atoms with Crippen LogP contribution < -0.4 is 10.2 Å². The van der Waals surface area contributed by atoms with Crippen LogP contribution >= 0.6 is 0 Å². The van der Waals surface area contributed by atoms with E-state index in [9.17, 15) is 14.4 Å². The van der Waals surface area contributed by atoms with E-state index in [0.29, 0.717) is 5.69 Å². The molecule has 4 atom stereocenters. The third kappa shape index (κ3) is 2.78. The van der Waals surface area contributed by atoms with Gasteiger partial charge in [0.05, 0.1) is 12.8 Å².